The minimum absolute atomic E-state index is 0.0230. The van der Waals surface area contributed by atoms with Gasteiger partial charge >= 0.3 is 12.1 Å². The minimum Gasteiger partial charge on any atom is -0.489 e. The molecule has 6 nitrogen and oxygen atoms in total. The number of halogens is 1. The Hall–Kier alpha value is -1.51. The third kappa shape index (κ3) is 6.08. The first-order chi connectivity index (χ1) is 15.0. The Labute approximate surface area is 205 Å². The normalized spacial score (nSPS) is 19.5. The topological polar surface area (TPSA) is 65.1 Å². The van der Waals surface area contributed by atoms with Crippen molar-refractivity contribution in [2.75, 3.05) is 20.2 Å². The summed E-state index contributed by atoms with van der Waals surface area (Å²) >= 11 is 2.30. The van der Waals surface area contributed by atoms with Gasteiger partial charge in [0.1, 0.15) is 17.5 Å². The monoisotopic (exact) mass is 557 g/mol. The van der Waals surface area contributed by atoms with Crippen LogP contribution >= 0.6 is 22.6 Å². The highest BCUT2D eigenvalue weighted by molar-refractivity contribution is 14.1. The number of methoxy groups -OCH3 is 1. The van der Waals surface area contributed by atoms with E-state index in [-0.39, 0.29) is 35.9 Å². The zero-order valence-electron chi connectivity index (χ0n) is 20.0. The summed E-state index contributed by atoms with van der Waals surface area (Å²) < 4.78 is 18.0. The van der Waals surface area contributed by atoms with Gasteiger partial charge in [-0.15, -0.1) is 0 Å². The van der Waals surface area contributed by atoms with Gasteiger partial charge in [0, 0.05) is 19.0 Å². The van der Waals surface area contributed by atoms with Crippen LogP contribution in [0.25, 0.3) is 0 Å². The van der Waals surface area contributed by atoms with E-state index in [0.717, 1.165) is 34.1 Å². The number of nitrogens with zero attached hydrogens (tertiary/aromatic N) is 1. The second kappa shape index (κ2) is 10.2. The maximum absolute atomic E-state index is 12.3. The van der Waals surface area contributed by atoms with Crippen LogP contribution in [0.15, 0.2) is 18.2 Å². The first kappa shape index (κ1) is 25.1. The lowest BCUT2D eigenvalue weighted by Gasteiger charge is -2.43. The van der Waals surface area contributed by atoms with Crippen LogP contribution in [0.3, 0.4) is 0 Å². The van der Waals surface area contributed by atoms with E-state index in [0.29, 0.717) is 19.0 Å². The zero-order valence-corrected chi connectivity index (χ0v) is 22.2. The van der Waals surface area contributed by atoms with E-state index in [4.69, 9.17) is 14.2 Å². The summed E-state index contributed by atoms with van der Waals surface area (Å²) in [4.78, 5) is 26.3. The maximum Gasteiger partial charge on any atom is 0.410 e. The van der Waals surface area contributed by atoms with E-state index in [9.17, 15) is 9.59 Å². The highest BCUT2D eigenvalue weighted by Crippen LogP contribution is 2.48. The van der Waals surface area contributed by atoms with E-state index < -0.39 is 5.60 Å². The molecule has 0 aromatic heterocycles. The molecule has 7 heteroatoms. The predicted octanol–water partition coefficient (Wildman–Crippen LogP) is 5.62. The molecule has 178 valence electrons. The number of hydrogen-bond donors (Lipinski definition) is 0. The lowest BCUT2D eigenvalue weighted by atomic mass is 9.83. The molecule has 0 N–H and O–H groups in total. The molecule has 32 heavy (non-hydrogen) atoms. The number of likely N-dealkylation sites (tertiary alicyclic amines) is 1. The molecule has 0 unspecified atom stereocenters. The van der Waals surface area contributed by atoms with Crippen LogP contribution in [-0.4, -0.2) is 48.9 Å². The summed E-state index contributed by atoms with van der Waals surface area (Å²) in [6, 6.07) is 6.30. The predicted molar refractivity (Wildman–Crippen MR) is 132 cm³/mol. The van der Waals surface area contributed by atoms with E-state index in [1.807, 2.05) is 27.7 Å². The molecular weight excluding hydrogens is 521 g/mol. The number of rotatable bonds is 8. The molecule has 1 saturated carbocycles. The van der Waals surface area contributed by atoms with Gasteiger partial charge in [-0.3, -0.25) is 4.79 Å². The Morgan fingerprint density at radius 1 is 1.19 bits per heavy atom. The Morgan fingerprint density at radius 2 is 1.84 bits per heavy atom. The van der Waals surface area contributed by atoms with Crippen molar-refractivity contribution in [2.45, 2.75) is 71.5 Å². The number of amides is 1. The van der Waals surface area contributed by atoms with Gasteiger partial charge in [0.05, 0.1) is 16.6 Å². The molecule has 3 atom stereocenters. The third-order valence-corrected chi connectivity index (χ3v) is 7.24. The van der Waals surface area contributed by atoms with Crippen molar-refractivity contribution < 1.29 is 23.8 Å². The van der Waals surface area contributed by atoms with Gasteiger partial charge in [-0.1, -0.05) is 19.9 Å². The molecule has 0 spiro atoms. The fourth-order valence-corrected chi connectivity index (χ4v) is 4.94. The lowest BCUT2D eigenvalue weighted by molar-refractivity contribution is -0.145. The van der Waals surface area contributed by atoms with Crippen molar-refractivity contribution in [1.29, 1.82) is 0 Å². The van der Waals surface area contributed by atoms with Gasteiger partial charge in [0.15, 0.2) is 0 Å². The van der Waals surface area contributed by atoms with E-state index in [1.54, 1.807) is 4.90 Å². The van der Waals surface area contributed by atoms with Crippen LogP contribution in [-0.2, 0) is 14.3 Å². The van der Waals surface area contributed by atoms with Crippen molar-refractivity contribution in [1.82, 2.24) is 4.90 Å². The molecule has 0 radical (unpaired) electrons. The van der Waals surface area contributed by atoms with E-state index in [1.165, 1.54) is 7.11 Å². The van der Waals surface area contributed by atoms with Gasteiger partial charge in [-0.25, -0.2) is 4.79 Å². The summed E-state index contributed by atoms with van der Waals surface area (Å²) in [7, 11) is 1.45. The zero-order chi connectivity index (χ0) is 23.6. The highest BCUT2D eigenvalue weighted by Gasteiger charge is 2.41. The van der Waals surface area contributed by atoms with Gasteiger partial charge in [0.2, 0.25) is 0 Å². The van der Waals surface area contributed by atoms with Crippen LogP contribution < -0.4 is 4.74 Å². The van der Waals surface area contributed by atoms with Gasteiger partial charge in [0.25, 0.3) is 0 Å². The van der Waals surface area contributed by atoms with Crippen LogP contribution in [0.2, 0.25) is 0 Å². The molecule has 1 amide bonds. The van der Waals surface area contributed by atoms with Crippen molar-refractivity contribution in [3.63, 3.8) is 0 Å². The number of esters is 1. The van der Waals surface area contributed by atoms with Gasteiger partial charge < -0.3 is 19.1 Å². The lowest BCUT2D eigenvalue weighted by Crippen LogP contribution is -2.56. The Balaban J connectivity index is 1.69. The van der Waals surface area contributed by atoms with Crippen LogP contribution in [0.4, 0.5) is 4.79 Å². The van der Waals surface area contributed by atoms with Crippen molar-refractivity contribution in [3.8, 4) is 5.75 Å². The SMILES string of the molecule is CC[C@H](Oc1cc([C@H](C2CC2)[C@H](C)C(=O)OC)ccc1I)C1CN(C(=O)OC(C)(C)C)C1. The van der Waals surface area contributed by atoms with E-state index in [2.05, 4.69) is 47.7 Å². The van der Waals surface area contributed by atoms with Gasteiger partial charge in [-0.05, 0) is 92.2 Å². The second-order valence-electron chi connectivity index (χ2n) is 10.1. The number of benzene rings is 1. The second-order valence-corrected chi connectivity index (χ2v) is 11.2. The quantitative estimate of drug-likeness (QED) is 0.307. The third-order valence-electron chi connectivity index (χ3n) is 6.35. The van der Waals surface area contributed by atoms with Crippen molar-refractivity contribution >= 4 is 34.7 Å². The first-order valence-electron chi connectivity index (χ1n) is 11.6. The smallest absolute Gasteiger partial charge is 0.410 e. The van der Waals surface area contributed by atoms with E-state index >= 15 is 0 Å². The summed E-state index contributed by atoms with van der Waals surface area (Å²) in [5.41, 5.74) is 0.651. The average molecular weight is 557 g/mol. The summed E-state index contributed by atoms with van der Waals surface area (Å²) in [5.74, 6) is 1.46. The molecule has 0 bridgehead atoms. The first-order valence-corrected chi connectivity index (χ1v) is 12.6. The largest absolute Gasteiger partial charge is 0.489 e. The van der Waals surface area contributed by atoms with Crippen molar-refractivity contribution in [2.24, 2.45) is 17.8 Å². The fourth-order valence-electron chi connectivity index (χ4n) is 4.47. The van der Waals surface area contributed by atoms with Crippen LogP contribution in [0, 0.1) is 21.3 Å². The standard InChI is InChI=1S/C25H36INO5/c1-7-20(18-13-27(14-18)24(29)32-25(3,4)5)31-21-12-17(10-11-19(21)26)22(16-8-9-16)15(2)23(28)30-6/h10-12,15-16,18,20,22H,7-9,13-14H2,1-6H3/t15-,20-,22-/m0/s1. The van der Waals surface area contributed by atoms with Crippen LogP contribution in [0.5, 0.6) is 5.75 Å². The summed E-state index contributed by atoms with van der Waals surface area (Å²) in [6.45, 7) is 11.0. The fraction of sp³-hybridized carbons (Fsp3) is 0.680. The number of carbonyl (C=O) groups excluding carboxylic acids is 2. The average Bonchev–Trinajstić information content (AvgIpc) is 3.51. The summed E-state index contributed by atoms with van der Waals surface area (Å²) in [6.07, 6.45) is 2.92. The Kier molecular flexibility index (Phi) is 7.99. The molecule has 1 heterocycles. The molecule has 1 aromatic carbocycles. The molecule has 1 aliphatic heterocycles. The number of ether oxygens (including phenoxy) is 3. The highest BCUT2D eigenvalue weighted by atomic mass is 127. The summed E-state index contributed by atoms with van der Waals surface area (Å²) in [5, 5.41) is 0. The molecule has 3 rings (SSSR count). The maximum atomic E-state index is 12.3. The Morgan fingerprint density at radius 3 is 2.38 bits per heavy atom. The molecular formula is C25H36INO5. The molecule has 2 fully saturated rings. The van der Waals surface area contributed by atoms with Crippen LogP contribution in [0.1, 0.15) is 65.4 Å². The molecule has 1 aliphatic carbocycles. The number of carbonyl (C=O) groups is 2. The Bertz CT molecular complexity index is 826. The molecule has 1 aromatic rings. The molecule has 2 aliphatic rings. The molecule has 1 saturated heterocycles. The van der Waals surface area contributed by atoms with Crippen molar-refractivity contribution in [3.05, 3.63) is 27.3 Å². The number of hydrogen-bond acceptors (Lipinski definition) is 5. The minimum atomic E-state index is -0.487. The van der Waals surface area contributed by atoms with Gasteiger partial charge in [-0.2, -0.15) is 0 Å².